The molecule has 5 nitrogen and oxygen atoms in total. The second-order valence-corrected chi connectivity index (χ2v) is 6.55. The highest BCUT2D eigenvalue weighted by Gasteiger charge is 2.07. The topological polar surface area (TPSA) is 67.0 Å². The number of benzene rings is 2. The van der Waals surface area contributed by atoms with Crippen LogP contribution in [0.3, 0.4) is 0 Å². The van der Waals surface area contributed by atoms with Gasteiger partial charge in [-0.05, 0) is 30.3 Å². The number of hydrogen-bond acceptors (Lipinski definition) is 4. The van der Waals surface area contributed by atoms with Crippen LogP contribution in [0.25, 0.3) is 11.0 Å². The molecule has 0 bridgehead atoms. The third-order valence-electron chi connectivity index (χ3n) is 3.37. The second-order valence-electron chi connectivity index (χ2n) is 5.06. The predicted octanol–water partition coefficient (Wildman–Crippen LogP) is 4.35. The zero-order valence-corrected chi connectivity index (χ0v) is 14.6. The summed E-state index contributed by atoms with van der Waals surface area (Å²) in [5, 5.41) is 4.11. The van der Waals surface area contributed by atoms with Crippen LogP contribution in [0.2, 0.25) is 5.02 Å². The lowest BCUT2D eigenvalue weighted by molar-refractivity contribution is -0.115. The molecule has 0 radical (unpaired) electrons. The molecule has 3 aromatic rings. The molecule has 7 heteroatoms. The normalized spacial score (nSPS) is 10.8. The molecule has 0 aliphatic rings. The lowest BCUT2D eigenvalue weighted by Crippen LogP contribution is -2.12. The Morgan fingerprint density at radius 1 is 1.33 bits per heavy atom. The van der Waals surface area contributed by atoms with E-state index in [0.717, 1.165) is 16.2 Å². The van der Waals surface area contributed by atoms with E-state index in [2.05, 4.69) is 15.3 Å². The highest BCUT2D eigenvalue weighted by molar-refractivity contribution is 7.99. The van der Waals surface area contributed by atoms with Crippen molar-refractivity contribution in [2.24, 2.45) is 0 Å². The largest absolute Gasteiger partial charge is 0.495 e. The summed E-state index contributed by atoms with van der Waals surface area (Å²) in [7, 11) is 1.55. The summed E-state index contributed by atoms with van der Waals surface area (Å²) in [6.07, 6.45) is 0.380. The number of methoxy groups -OCH3 is 1. The number of thioether (sulfide) groups is 1. The Bertz CT molecular complexity index is 833. The number of aromatic amines is 1. The van der Waals surface area contributed by atoms with Gasteiger partial charge in [-0.15, -0.1) is 0 Å². The lowest BCUT2D eigenvalue weighted by atomic mass is 10.3. The van der Waals surface area contributed by atoms with Crippen LogP contribution >= 0.6 is 23.4 Å². The van der Waals surface area contributed by atoms with Crippen molar-refractivity contribution < 1.29 is 9.53 Å². The Balaban J connectivity index is 1.51. The van der Waals surface area contributed by atoms with Crippen LogP contribution in [0.4, 0.5) is 5.69 Å². The zero-order valence-electron chi connectivity index (χ0n) is 13.0. The van der Waals surface area contributed by atoms with Gasteiger partial charge in [0, 0.05) is 17.9 Å². The van der Waals surface area contributed by atoms with Gasteiger partial charge in [-0.3, -0.25) is 4.79 Å². The SMILES string of the molecule is COc1ccc(NC(=O)CCSc2nc3ccccc3[nH]2)cc1Cl. The van der Waals surface area contributed by atoms with Gasteiger partial charge in [0.2, 0.25) is 5.91 Å². The number of nitrogens with one attached hydrogen (secondary N) is 2. The molecule has 1 aromatic heterocycles. The number of amides is 1. The monoisotopic (exact) mass is 361 g/mol. The summed E-state index contributed by atoms with van der Waals surface area (Å²) in [6, 6.07) is 13.0. The van der Waals surface area contributed by atoms with E-state index >= 15 is 0 Å². The standard InChI is InChI=1S/C17H16ClN3O2S/c1-23-15-7-6-11(10-12(15)18)19-16(22)8-9-24-17-20-13-4-2-3-5-14(13)21-17/h2-7,10H,8-9H2,1H3,(H,19,22)(H,20,21). The summed E-state index contributed by atoms with van der Waals surface area (Å²) >= 11 is 7.56. The number of anilines is 1. The maximum atomic E-state index is 12.0. The minimum Gasteiger partial charge on any atom is -0.495 e. The Kier molecular flexibility index (Phi) is 5.27. The molecule has 0 fully saturated rings. The van der Waals surface area contributed by atoms with Gasteiger partial charge in [0.15, 0.2) is 5.16 Å². The number of rotatable bonds is 6. The van der Waals surface area contributed by atoms with Crippen LogP contribution in [-0.4, -0.2) is 28.7 Å². The molecule has 0 saturated carbocycles. The number of carbonyl (C=O) groups is 1. The van der Waals surface area contributed by atoms with E-state index in [1.807, 2.05) is 24.3 Å². The summed E-state index contributed by atoms with van der Waals surface area (Å²) in [5.74, 6) is 1.14. The maximum Gasteiger partial charge on any atom is 0.225 e. The predicted molar refractivity (Wildman–Crippen MR) is 98.1 cm³/mol. The van der Waals surface area contributed by atoms with Crippen molar-refractivity contribution in [2.75, 3.05) is 18.2 Å². The number of hydrogen-bond donors (Lipinski definition) is 2. The molecule has 124 valence electrons. The molecule has 0 aliphatic carbocycles. The highest BCUT2D eigenvalue weighted by Crippen LogP contribution is 2.27. The average Bonchev–Trinajstić information content (AvgIpc) is 2.97. The minimum atomic E-state index is -0.0696. The number of aromatic nitrogens is 2. The van der Waals surface area contributed by atoms with Crippen molar-refractivity contribution in [2.45, 2.75) is 11.6 Å². The Hall–Kier alpha value is -2.18. The van der Waals surface area contributed by atoms with Gasteiger partial charge >= 0.3 is 0 Å². The van der Waals surface area contributed by atoms with Gasteiger partial charge in [-0.25, -0.2) is 4.98 Å². The summed E-state index contributed by atoms with van der Waals surface area (Å²) in [6.45, 7) is 0. The minimum absolute atomic E-state index is 0.0696. The molecule has 3 rings (SSSR count). The van der Waals surface area contributed by atoms with Crippen LogP contribution in [-0.2, 0) is 4.79 Å². The first-order chi connectivity index (χ1) is 11.7. The van der Waals surface area contributed by atoms with E-state index in [1.54, 1.807) is 25.3 Å². The van der Waals surface area contributed by atoms with E-state index < -0.39 is 0 Å². The van der Waals surface area contributed by atoms with Gasteiger partial charge in [-0.1, -0.05) is 35.5 Å². The van der Waals surface area contributed by atoms with Gasteiger partial charge in [0.05, 0.1) is 23.2 Å². The number of ether oxygens (including phenoxy) is 1. The number of halogens is 1. The number of fused-ring (bicyclic) bond motifs is 1. The van der Waals surface area contributed by atoms with Gasteiger partial charge < -0.3 is 15.0 Å². The first-order valence-corrected chi connectivity index (χ1v) is 8.73. The van der Waals surface area contributed by atoms with Gasteiger partial charge in [0.1, 0.15) is 5.75 Å². The maximum absolute atomic E-state index is 12.0. The molecule has 0 saturated heterocycles. The van der Waals surface area contributed by atoms with E-state index in [9.17, 15) is 4.79 Å². The molecule has 0 unspecified atom stereocenters. The molecular formula is C17H16ClN3O2S. The van der Waals surface area contributed by atoms with Crippen molar-refractivity contribution >= 4 is 46.0 Å². The third-order valence-corrected chi connectivity index (χ3v) is 4.54. The summed E-state index contributed by atoms with van der Waals surface area (Å²) in [4.78, 5) is 19.7. The van der Waals surface area contributed by atoms with Crippen molar-refractivity contribution in [3.63, 3.8) is 0 Å². The number of H-pyrrole nitrogens is 1. The highest BCUT2D eigenvalue weighted by atomic mass is 35.5. The van der Waals surface area contributed by atoms with Crippen molar-refractivity contribution in [1.29, 1.82) is 0 Å². The van der Waals surface area contributed by atoms with Crippen LogP contribution in [0.5, 0.6) is 5.75 Å². The summed E-state index contributed by atoms with van der Waals surface area (Å²) in [5.41, 5.74) is 2.58. The Morgan fingerprint density at radius 2 is 2.17 bits per heavy atom. The first kappa shape index (κ1) is 16.7. The molecule has 0 spiro atoms. The molecule has 2 aromatic carbocycles. The van der Waals surface area contributed by atoms with E-state index in [0.29, 0.717) is 28.6 Å². The third kappa shape index (κ3) is 4.01. The van der Waals surface area contributed by atoms with Crippen LogP contribution in [0, 0.1) is 0 Å². The summed E-state index contributed by atoms with van der Waals surface area (Å²) < 4.78 is 5.09. The fraction of sp³-hybridized carbons (Fsp3) is 0.176. The molecule has 0 aliphatic heterocycles. The van der Waals surface area contributed by atoms with Crippen molar-refractivity contribution in [1.82, 2.24) is 9.97 Å². The Labute approximate surface area is 148 Å². The van der Waals surface area contributed by atoms with Crippen LogP contribution in [0.1, 0.15) is 6.42 Å². The van der Waals surface area contributed by atoms with Crippen molar-refractivity contribution in [3.8, 4) is 5.75 Å². The molecule has 2 N–H and O–H groups in total. The molecule has 1 amide bonds. The first-order valence-electron chi connectivity index (χ1n) is 7.36. The number of para-hydroxylation sites is 2. The van der Waals surface area contributed by atoms with Crippen molar-refractivity contribution in [3.05, 3.63) is 47.5 Å². The van der Waals surface area contributed by atoms with Gasteiger partial charge in [0.25, 0.3) is 0 Å². The molecular weight excluding hydrogens is 346 g/mol. The fourth-order valence-electron chi connectivity index (χ4n) is 2.21. The van der Waals surface area contributed by atoms with Gasteiger partial charge in [-0.2, -0.15) is 0 Å². The number of nitrogens with zero attached hydrogens (tertiary/aromatic N) is 1. The molecule has 1 heterocycles. The van der Waals surface area contributed by atoms with Crippen LogP contribution in [0.15, 0.2) is 47.6 Å². The zero-order chi connectivity index (χ0) is 16.9. The Morgan fingerprint density at radius 3 is 2.92 bits per heavy atom. The molecule has 24 heavy (non-hydrogen) atoms. The second kappa shape index (κ2) is 7.59. The fourth-order valence-corrected chi connectivity index (χ4v) is 3.29. The van der Waals surface area contributed by atoms with E-state index in [1.165, 1.54) is 11.8 Å². The van der Waals surface area contributed by atoms with E-state index in [4.69, 9.17) is 16.3 Å². The lowest BCUT2D eigenvalue weighted by Gasteiger charge is -2.07. The average molecular weight is 362 g/mol. The number of imidazole rings is 1. The smallest absolute Gasteiger partial charge is 0.225 e. The molecule has 0 atom stereocenters. The van der Waals surface area contributed by atoms with Crippen LogP contribution < -0.4 is 10.1 Å². The van der Waals surface area contributed by atoms with E-state index in [-0.39, 0.29) is 5.91 Å². The quantitative estimate of drug-likeness (QED) is 0.641. The number of carbonyl (C=O) groups excluding carboxylic acids is 1.